The van der Waals surface area contributed by atoms with Gasteiger partial charge in [-0.15, -0.1) is 10.2 Å². The lowest BCUT2D eigenvalue weighted by atomic mass is 10.2. The van der Waals surface area contributed by atoms with Gasteiger partial charge in [0.2, 0.25) is 5.88 Å². The minimum absolute atomic E-state index is 0.221. The molecule has 0 bridgehead atoms. The van der Waals surface area contributed by atoms with Crippen molar-refractivity contribution < 1.29 is 9.53 Å². The van der Waals surface area contributed by atoms with Crippen LogP contribution < -0.4 is 10.1 Å². The van der Waals surface area contributed by atoms with Crippen LogP contribution >= 0.6 is 23.3 Å². The van der Waals surface area contributed by atoms with E-state index in [9.17, 15) is 4.79 Å². The summed E-state index contributed by atoms with van der Waals surface area (Å²) in [4.78, 5) is 12.6. The fourth-order valence-corrected chi connectivity index (χ4v) is 2.59. The van der Waals surface area contributed by atoms with E-state index >= 15 is 0 Å². The number of aromatic amines is 1. The van der Waals surface area contributed by atoms with E-state index in [0.717, 1.165) is 23.7 Å². The van der Waals surface area contributed by atoms with Gasteiger partial charge in [0, 0.05) is 6.07 Å². The molecule has 2 heterocycles. The summed E-state index contributed by atoms with van der Waals surface area (Å²) in [5, 5.41) is 16.7. The number of carbonyl (C=O) groups is 1. The quantitative estimate of drug-likeness (QED) is 0.781. The van der Waals surface area contributed by atoms with Crippen molar-refractivity contribution in [1.29, 1.82) is 0 Å². The lowest BCUT2D eigenvalue weighted by Crippen LogP contribution is -2.29. The Labute approximate surface area is 123 Å². The molecule has 0 aliphatic heterocycles. The van der Waals surface area contributed by atoms with Crippen LogP contribution in [0.4, 0.5) is 0 Å². The molecule has 0 aromatic carbocycles. The average molecular weight is 314 g/mol. The van der Waals surface area contributed by atoms with E-state index in [4.69, 9.17) is 4.74 Å². The van der Waals surface area contributed by atoms with Crippen LogP contribution in [0.2, 0.25) is 0 Å². The molecule has 0 fully saturated rings. The molecule has 1 atom stereocenters. The third-order valence-corrected chi connectivity index (χ3v) is 3.93. The summed E-state index contributed by atoms with van der Waals surface area (Å²) in [6, 6.07) is 1.32. The summed E-state index contributed by atoms with van der Waals surface area (Å²) in [5.41, 5.74) is 0. The van der Waals surface area contributed by atoms with Crippen LogP contribution in [0, 0.1) is 0 Å². The highest BCUT2D eigenvalue weighted by atomic mass is 32.2. The Kier molecular flexibility index (Phi) is 5.30. The van der Waals surface area contributed by atoms with Crippen molar-refractivity contribution in [2.24, 2.45) is 0 Å². The SMILES string of the molecule is COc1cc(C(=O)N[C@@H](CCSC)c2nn[nH]n2)sn1. The van der Waals surface area contributed by atoms with Crippen LogP contribution in [0.15, 0.2) is 6.07 Å². The fourth-order valence-electron chi connectivity index (χ4n) is 1.51. The second-order valence-electron chi connectivity index (χ2n) is 3.81. The third kappa shape index (κ3) is 3.67. The lowest BCUT2D eigenvalue weighted by molar-refractivity contribution is 0.0938. The maximum Gasteiger partial charge on any atom is 0.263 e. The number of amides is 1. The van der Waals surface area contributed by atoms with E-state index in [0.29, 0.717) is 16.6 Å². The number of H-pyrrole nitrogens is 1. The van der Waals surface area contributed by atoms with Crippen LogP contribution in [0.3, 0.4) is 0 Å². The molecule has 10 heteroatoms. The smallest absolute Gasteiger partial charge is 0.263 e. The zero-order valence-electron chi connectivity index (χ0n) is 11.0. The van der Waals surface area contributed by atoms with Crippen LogP contribution in [0.25, 0.3) is 0 Å². The van der Waals surface area contributed by atoms with Gasteiger partial charge < -0.3 is 10.1 Å². The fraction of sp³-hybridized carbons (Fsp3) is 0.500. The predicted octanol–water partition coefficient (Wildman–Crippen LogP) is 0.889. The van der Waals surface area contributed by atoms with Crippen LogP contribution in [-0.2, 0) is 0 Å². The molecule has 2 aromatic rings. The molecule has 2 aromatic heterocycles. The predicted molar refractivity (Wildman–Crippen MR) is 76.0 cm³/mol. The van der Waals surface area contributed by atoms with Crippen LogP contribution in [0.5, 0.6) is 5.88 Å². The lowest BCUT2D eigenvalue weighted by Gasteiger charge is -2.13. The molecule has 2 N–H and O–H groups in total. The maximum absolute atomic E-state index is 12.2. The molecule has 0 unspecified atom stereocenters. The summed E-state index contributed by atoms with van der Waals surface area (Å²) in [7, 11) is 1.51. The summed E-state index contributed by atoms with van der Waals surface area (Å²) in [6.07, 6.45) is 2.73. The van der Waals surface area contributed by atoms with Crippen molar-refractivity contribution in [2.75, 3.05) is 19.1 Å². The molecule has 0 saturated carbocycles. The Morgan fingerprint density at radius 2 is 2.50 bits per heavy atom. The van der Waals surface area contributed by atoms with Gasteiger partial charge in [0.05, 0.1) is 13.2 Å². The summed E-state index contributed by atoms with van der Waals surface area (Å²) in [5.74, 6) is 1.57. The van der Waals surface area contributed by atoms with Gasteiger partial charge in [-0.2, -0.15) is 21.3 Å². The first kappa shape index (κ1) is 14.7. The van der Waals surface area contributed by atoms with E-state index in [1.165, 1.54) is 7.11 Å². The van der Waals surface area contributed by atoms with Crippen molar-refractivity contribution in [1.82, 2.24) is 30.3 Å². The molecule has 0 aliphatic rings. The normalized spacial score (nSPS) is 12.1. The van der Waals surface area contributed by atoms with Gasteiger partial charge in [-0.25, -0.2) is 0 Å². The van der Waals surface area contributed by atoms with Gasteiger partial charge in [0.1, 0.15) is 4.88 Å². The number of aromatic nitrogens is 5. The summed E-state index contributed by atoms with van der Waals surface area (Å²) >= 11 is 2.78. The number of hydrogen-bond acceptors (Lipinski definition) is 8. The van der Waals surface area contributed by atoms with Crippen molar-refractivity contribution in [2.45, 2.75) is 12.5 Å². The molecular weight excluding hydrogens is 300 g/mol. The minimum atomic E-state index is -0.276. The molecule has 20 heavy (non-hydrogen) atoms. The monoisotopic (exact) mass is 314 g/mol. The highest BCUT2D eigenvalue weighted by Gasteiger charge is 2.20. The van der Waals surface area contributed by atoms with Crippen molar-refractivity contribution in [3.63, 3.8) is 0 Å². The van der Waals surface area contributed by atoms with E-state index in [-0.39, 0.29) is 11.9 Å². The summed E-state index contributed by atoms with van der Waals surface area (Å²) < 4.78 is 8.96. The Morgan fingerprint density at radius 3 is 3.10 bits per heavy atom. The molecule has 0 spiro atoms. The molecule has 0 saturated heterocycles. The first-order valence-electron chi connectivity index (χ1n) is 5.78. The highest BCUT2D eigenvalue weighted by molar-refractivity contribution is 7.98. The Balaban J connectivity index is 2.05. The minimum Gasteiger partial charge on any atom is -0.480 e. The molecule has 1 amide bonds. The number of carbonyl (C=O) groups excluding carboxylic acids is 1. The Bertz CT molecular complexity index is 544. The highest BCUT2D eigenvalue weighted by Crippen LogP contribution is 2.19. The number of nitrogens with one attached hydrogen (secondary N) is 2. The molecule has 0 radical (unpaired) electrons. The number of hydrogen-bond donors (Lipinski definition) is 2. The number of nitrogens with zero attached hydrogens (tertiary/aromatic N) is 4. The molecule has 0 aliphatic carbocycles. The Morgan fingerprint density at radius 1 is 1.65 bits per heavy atom. The molecule has 8 nitrogen and oxygen atoms in total. The largest absolute Gasteiger partial charge is 0.480 e. The summed E-state index contributed by atoms with van der Waals surface area (Å²) in [6.45, 7) is 0. The first-order valence-corrected chi connectivity index (χ1v) is 7.95. The number of methoxy groups -OCH3 is 1. The van der Waals surface area contributed by atoms with Crippen molar-refractivity contribution in [3.8, 4) is 5.88 Å². The van der Waals surface area contributed by atoms with Crippen molar-refractivity contribution in [3.05, 3.63) is 16.8 Å². The van der Waals surface area contributed by atoms with Gasteiger partial charge in [-0.05, 0) is 30.0 Å². The second-order valence-corrected chi connectivity index (χ2v) is 5.60. The van der Waals surface area contributed by atoms with Crippen LogP contribution in [-0.4, -0.2) is 50.0 Å². The van der Waals surface area contributed by atoms with Crippen LogP contribution in [0.1, 0.15) is 28.0 Å². The molecule has 108 valence electrons. The number of ether oxygens (including phenoxy) is 1. The average Bonchev–Trinajstić information content (AvgIpc) is 3.13. The van der Waals surface area contributed by atoms with Gasteiger partial charge in [0.25, 0.3) is 5.91 Å². The zero-order valence-corrected chi connectivity index (χ0v) is 12.6. The van der Waals surface area contributed by atoms with E-state index in [2.05, 4.69) is 30.3 Å². The van der Waals surface area contributed by atoms with Gasteiger partial charge in [0.15, 0.2) is 5.82 Å². The second kappa shape index (κ2) is 7.20. The zero-order chi connectivity index (χ0) is 14.4. The standard InChI is InChI=1S/C10H14N6O2S2/c1-18-8-5-7(20-14-8)10(17)11-6(3-4-19-2)9-12-15-16-13-9/h5-6H,3-4H2,1-2H3,(H,11,17)(H,12,13,15,16)/t6-/m0/s1. The third-order valence-electron chi connectivity index (χ3n) is 2.51. The van der Waals surface area contributed by atoms with Gasteiger partial charge >= 0.3 is 0 Å². The Hall–Kier alpha value is -1.68. The topological polar surface area (TPSA) is 106 Å². The van der Waals surface area contributed by atoms with E-state index in [1.54, 1.807) is 17.8 Å². The molecular formula is C10H14N6O2S2. The van der Waals surface area contributed by atoms with Gasteiger partial charge in [-0.3, -0.25) is 4.79 Å². The van der Waals surface area contributed by atoms with Crippen molar-refractivity contribution >= 4 is 29.2 Å². The number of thioether (sulfide) groups is 1. The molecule has 2 rings (SSSR count). The van der Waals surface area contributed by atoms with E-state index in [1.807, 2.05) is 6.26 Å². The number of rotatable bonds is 7. The van der Waals surface area contributed by atoms with E-state index < -0.39 is 0 Å². The van der Waals surface area contributed by atoms with Gasteiger partial charge in [-0.1, -0.05) is 5.21 Å². The number of tetrazole rings is 1. The maximum atomic E-state index is 12.2. The first-order chi connectivity index (χ1) is 9.74.